The molecule has 21 heavy (non-hydrogen) atoms. The molecule has 1 fully saturated rings. The number of rotatable bonds is 3. The summed E-state index contributed by atoms with van der Waals surface area (Å²) in [6.45, 7) is 2.23. The summed E-state index contributed by atoms with van der Waals surface area (Å²) in [6, 6.07) is 4.46. The van der Waals surface area contributed by atoms with Crippen LogP contribution in [-0.4, -0.2) is 10.1 Å². The highest BCUT2D eigenvalue weighted by Gasteiger charge is 2.26. The van der Waals surface area contributed by atoms with E-state index in [0.717, 1.165) is 24.6 Å². The van der Waals surface area contributed by atoms with Crippen molar-refractivity contribution >= 4 is 5.69 Å². The van der Waals surface area contributed by atoms with Crippen molar-refractivity contribution in [1.82, 2.24) is 10.1 Å². The summed E-state index contributed by atoms with van der Waals surface area (Å²) in [4.78, 5) is 4.49. The Hall–Kier alpha value is -1.91. The van der Waals surface area contributed by atoms with Crippen LogP contribution in [0.2, 0.25) is 0 Å². The fourth-order valence-corrected chi connectivity index (χ4v) is 3.09. The Bertz CT molecular complexity index is 626. The van der Waals surface area contributed by atoms with Crippen LogP contribution in [0.4, 0.5) is 10.1 Å². The van der Waals surface area contributed by atoms with E-state index in [0.29, 0.717) is 17.4 Å². The molecule has 0 radical (unpaired) electrons. The molecule has 2 N–H and O–H groups in total. The van der Waals surface area contributed by atoms with Gasteiger partial charge in [0.25, 0.3) is 5.89 Å². The van der Waals surface area contributed by atoms with Crippen molar-refractivity contribution in [3.8, 4) is 11.5 Å². The van der Waals surface area contributed by atoms with Gasteiger partial charge in [-0.2, -0.15) is 4.98 Å². The lowest BCUT2D eigenvalue weighted by atomic mass is 9.80. The van der Waals surface area contributed by atoms with E-state index in [1.165, 1.54) is 31.4 Å². The zero-order valence-electron chi connectivity index (χ0n) is 12.2. The van der Waals surface area contributed by atoms with Crippen molar-refractivity contribution in [1.29, 1.82) is 0 Å². The molecule has 0 bridgehead atoms. The first-order valence-corrected chi connectivity index (χ1v) is 7.56. The van der Waals surface area contributed by atoms with E-state index in [9.17, 15) is 4.39 Å². The fourth-order valence-electron chi connectivity index (χ4n) is 3.09. The maximum absolute atomic E-state index is 13.2. The van der Waals surface area contributed by atoms with Crippen LogP contribution in [0.5, 0.6) is 0 Å². The third kappa shape index (κ3) is 2.91. The van der Waals surface area contributed by atoms with Crippen LogP contribution >= 0.6 is 0 Å². The quantitative estimate of drug-likeness (QED) is 0.862. The van der Waals surface area contributed by atoms with E-state index in [1.54, 1.807) is 6.07 Å². The summed E-state index contributed by atoms with van der Waals surface area (Å²) in [5.41, 5.74) is 6.33. The molecule has 1 heterocycles. The van der Waals surface area contributed by atoms with Crippen LogP contribution in [0.3, 0.4) is 0 Å². The minimum absolute atomic E-state index is 0.0935. The first-order chi connectivity index (χ1) is 10.2. The Morgan fingerprint density at radius 1 is 1.38 bits per heavy atom. The van der Waals surface area contributed by atoms with E-state index in [2.05, 4.69) is 17.1 Å². The average molecular weight is 289 g/mol. The predicted octanol–water partition coefficient (Wildman–Crippen LogP) is 4.14. The Morgan fingerprint density at radius 2 is 2.24 bits per heavy atom. The molecule has 1 saturated carbocycles. The number of hydrogen-bond acceptors (Lipinski definition) is 4. The van der Waals surface area contributed by atoms with Gasteiger partial charge in [-0.05, 0) is 37.0 Å². The number of nitrogens with two attached hydrogens (primary N) is 1. The molecule has 3 rings (SSSR count). The van der Waals surface area contributed by atoms with Crippen molar-refractivity contribution < 1.29 is 8.91 Å². The van der Waals surface area contributed by atoms with Crippen molar-refractivity contribution in [2.24, 2.45) is 5.92 Å². The van der Waals surface area contributed by atoms with Crippen LogP contribution in [0, 0.1) is 11.7 Å². The minimum atomic E-state index is -0.434. The number of anilines is 1. The Kier molecular flexibility index (Phi) is 3.90. The largest absolute Gasteiger partial charge is 0.396 e. The standard InChI is InChI=1S/C16H20FN3O/c1-2-10-4-3-5-11(8-10)15-19-16(21-20-15)12-6-7-13(17)14(18)9-12/h6-7,9-11H,2-5,8,18H2,1H3. The molecule has 0 saturated heterocycles. The van der Waals surface area contributed by atoms with E-state index >= 15 is 0 Å². The molecular formula is C16H20FN3O. The number of aromatic nitrogens is 2. The van der Waals surface area contributed by atoms with E-state index < -0.39 is 5.82 Å². The second-order valence-electron chi connectivity index (χ2n) is 5.83. The third-order valence-electron chi connectivity index (χ3n) is 4.41. The molecule has 2 unspecified atom stereocenters. The Balaban J connectivity index is 1.81. The first-order valence-electron chi connectivity index (χ1n) is 7.56. The smallest absolute Gasteiger partial charge is 0.258 e. The highest BCUT2D eigenvalue weighted by molar-refractivity contribution is 5.60. The van der Waals surface area contributed by atoms with E-state index in [-0.39, 0.29) is 5.69 Å². The van der Waals surface area contributed by atoms with Gasteiger partial charge in [0.05, 0.1) is 5.69 Å². The number of benzene rings is 1. The number of halogens is 1. The van der Waals surface area contributed by atoms with Crippen molar-refractivity contribution in [2.75, 3.05) is 5.73 Å². The highest BCUT2D eigenvalue weighted by Crippen LogP contribution is 2.37. The van der Waals surface area contributed by atoms with Crippen molar-refractivity contribution in [2.45, 2.75) is 44.9 Å². The molecule has 1 aliphatic rings. The second kappa shape index (κ2) is 5.84. The van der Waals surface area contributed by atoms with Gasteiger partial charge in [-0.15, -0.1) is 0 Å². The average Bonchev–Trinajstić information content (AvgIpc) is 3.00. The zero-order valence-corrected chi connectivity index (χ0v) is 12.2. The van der Waals surface area contributed by atoms with Crippen LogP contribution in [0.1, 0.15) is 50.8 Å². The molecule has 0 spiro atoms. The van der Waals surface area contributed by atoms with Gasteiger partial charge in [0.1, 0.15) is 5.82 Å². The molecule has 1 aliphatic carbocycles. The normalized spacial score (nSPS) is 22.4. The summed E-state index contributed by atoms with van der Waals surface area (Å²) in [5.74, 6) is 1.88. The number of hydrogen-bond donors (Lipinski definition) is 1. The van der Waals surface area contributed by atoms with Crippen LogP contribution in [-0.2, 0) is 0 Å². The van der Waals surface area contributed by atoms with Gasteiger partial charge in [0.15, 0.2) is 5.82 Å². The summed E-state index contributed by atoms with van der Waals surface area (Å²) < 4.78 is 18.5. The summed E-state index contributed by atoms with van der Waals surface area (Å²) >= 11 is 0. The van der Waals surface area contributed by atoms with Crippen molar-refractivity contribution in [3.63, 3.8) is 0 Å². The summed E-state index contributed by atoms with van der Waals surface area (Å²) in [6.07, 6.45) is 5.96. The van der Waals surface area contributed by atoms with Gasteiger partial charge < -0.3 is 10.3 Å². The van der Waals surface area contributed by atoms with Gasteiger partial charge in [0, 0.05) is 11.5 Å². The van der Waals surface area contributed by atoms with Crippen molar-refractivity contribution in [3.05, 3.63) is 29.8 Å². The highest BCUT2D eigenvalue weighted by atomic mass is 19.1. The molecule has 112 valence electrons. The van der Waals surface area contributed by atoms with Gasteiger partial charge in [-0.3, -0.25) is 0 Å². The summed E-state index contributed by atoms with van der Waals surface area (Å²) in [7, 11) is 0. The Labute approximate surface area is 123 Å². The van der Waals surface area contributed by atoms with Gasteiger partial charge in [-0.25, -0.2) is 4.39 Å². The van der Waals surface area contributed by atoms with E-state index in [1.807, 2.05) is 0 Å². The second-order valence-corrected chi connectivity index (χ2v) is 5.83. The van der Waals surface area contributed by atoms with Crippen LogP contribution in [0.15, 0.2) is 22.7 Å². The Morgan fingerprint density at radius 3 is 3.00 bits per heavy atom. The predicted molar refractivity (Wildman–Crippen MR) is 79.1 cm³/mol. The van der Waals surface area contributed by atoms with Gasteiger partial charge >= 0.3 is 0 Å². The molecule has 4 nitrogen and oxygen atoms in total. The van der Waals surface area contributed by atoms with Gasteiger partial charge in [0.2, 0.25) is 0 Å². The fraction of sp³-hybridized carbons (Fsp3) is 0.500. The lowest BCUT2D eigenvalue weighted by molar-refractivity contribution is 0.300. The molecule has 1 aromatic heterocycles. The first kappa shape index (κ1) is 14.0. The molecule has 1 aromatic carbocycles. The lowest BCUT2D eigenvalue weighted by Crippen LogP contribution is -2.14. The molecule has 0 amide bonds. The van der Waals surface area contributed by atoms with Crippen LogP contribution < -0.4 is 5.73 Å². The molecule has 2 aromatic rings. The van der Waals surface area contributed by atoms with E-state index in [4.69, 9.17) is 10.3 Å². The maximum atomic E-state index is 13.2. The number of nitrogen functional groups attached to an aromatic ring is 1. The lowest BCUT2D eigenvalue weighted by Gasteiger charge is -2.26. The SMILES string of the molecule is CCC1CCCC(c2noc(-c3ccc(F)c(N)c3)n2)C1. The summed E-state index contributed by atoms with van der Waals surface area (Å²) in [5, 5.41) is 4.12. The monoisotopic (exact) mass is 289 g/mol. The third-order valence-corrected chi connectivity index (χ3v) is 4.41. The van der Waals surface area contributed by atoms with Crippen LogP contribution in [0.25, 0.3) is 11.5 Å². The molecule has 5 heteroatoms. The zero-order chi connectivity index (χ0) is 14.8. The topological polar surface area (TPSA) is 64.9 Å². The molecule has 2 atom stereocenters. The minimum Gasteiger partial charge on any atom is -0.396 e. The molecular weight excluding hydrogens is 269 g/mol. The number of nitrogens with zero attached hydrogens (tertiary/aromatic N) is 2. The molecule has 0 aliphatic heterocycles. The maximum Gasteiger partial charge on any atom is 0.258 e. The van der Waals surface area contributed by atoms with Gasteiger partial charge in [-0.1, -0.05) is 31.3 Å².